The lowest BCUT2D eigenvalue weighted by Gasteiger charge is -2.34. The molecule has 2 heterocycles. The lowest BCUT2D eigenvalue weighted by atomic mass is 10.1. The Morgan fingerprint density at radius 1 is 1.08 bits per heavy atom. The fraction of sp³-hybridized carbons (Fsp3) is 0.667. The zero-order chi connectivity index (χ0) is 18.5. The lowest BCUT2D eigenvalue weighted by molar-refractivity contribution is -0.133. The van der Waals surface area contributed by atoms with Gasteiger partial charge in [-0.05, 0) is 38.2 Å². The molecule has 1 aliphatic carbocycles. The molecule has 0 bridgehead atoms. The number of ether oxygens (including phenoxy) is 1. The Bertz CT molecular complexity index is 722. The number of aromatic nitrogens is 2. The van der Waals surface area contributed by atoms with Crippen molar-refractivity contribution in [3.63, 3.8) is 0 Å². The van der Waals surface area contributed by atoms with Gasteiger partial charge in [-0.2, -0.15) is 5.10 Å². The van der Waals surface area contributed by atoms with Gasteiger partial charge in [0.15, 0.2) is 0 Å². The molecule has 0 unspecified atom stereocenters. The molecule has 1 fully saturated rings. The second-order valence-corrected chi connectivity index (χ2v) is 6.74. The smallest absolute Gasteiger partial charge is 0.409 e. The molecule has 8 nitrogen and oxygen atoms in total. The highest BCUT2D eigenvalue weighted by atomic mass is 16.6. The Morgan fingerprint density at radius 2 is 1.77 bits per heavy atom. The fourth-order valence-electron chi connectivity index (χ4n) is 3.47. The van der Waals surface area contributed by atoms with Crippen LogP contribution in [0, 0.1) is 0 Å². The summed E-state index contributed by atoms with van der Waals surface area (Å²) < 4.78 is 6.26. The highest BCUT2D eigenvalue weighted by Crippen LogP contribution is 2.16. The highest BCUT2D eigenvalue weighted by Gasteiger charge is 2.25. The molecule has 8 heteroatoms. The molecule has 26 heavy (non-hydrogen) atoms. The van der Waals surface area contributed by atoms with E-state index in [0.29, 0.717) is 32.8 Å². The van der Waals surface area contributed by atoms with Gasteiger partial charge in [-0.3, -0.25) is 9.59 Å². The van der Waals surface area contributed by atoms with Gasteiger partial charge in [0, 0.05) is 32.2 Å². The van der Waals surface area contributed by atoms with E-state index in [1.165, 1.54) is 4.68 Å². The Balaban J connectivity index is 1.61. The maximum Gasteiger partial charge on any atom is 0.409 e. The van der Waals surface area contributed by atoms with Crippen molar-refractivity contribution in [1.82, 2.24) is 19.6 Å². The van der Waals surface area contributed by atoms with E-state index in [1.54, 1.807) is 22.8 Å². The Hall–Kier alpha value is -2.38. The molecule has 1 aliphatic heterocycles. The van der Waals surface area contributed by atoms with E-state index in [2.05, 4.69) is 5.10 Å². The highest BCUT2D eigenvalue weighted by molar-refractivity contribution is 5.76. The van der Waals surface area contributed by atoms with Crippen molar-refractivity contribution in [3.05, 3.63) is 27.7 Å². The number of nitrogens with zero attached hydrogens (tertiary/aromatic N) is 4. The molecular weight excluding hydrogens is 336 g/mol. The first-order valence-corrected chi connectivity index (χ1v) is 9.38. The Morgan fingerprint density at radius 3 is 2.50 bits per heavy atom. The van der Waals surface area contributed by atoms with Crippen molar-refractivity contribution in [2.75, 3.05) is 32.8 Å². The molecular formula is C18H26N4O4. The van der Waals surface area contributed by atoms with Gasteiger partial charge in [0.1, 0.15) is 6.54 Å². The minimum atomic E-state index is -0.344. The third-order valence-electron chi connectivity index (χ3n) is 4.97. The molecule has 1 aromatic rings. The summed E-state index contributed by atoms with van der Waals surface area (Å²) in [6.45, 7) is 3.82. The van der Waals surface area contributed by atoms with Gasteiger partial charge in [-0.1, -0.05) is 6.42 Å². The van der Waals surface area contributed by atoms with E-state index in [9.17, 15) is 14.4 Å². The first-order chi connectivity index (χ1) is 12.6. The number of carbonyl (C=O) groups excluding carboxylic acids is 2. The van der Waals surface area contributed by atoms with Gasteiger partial charge in [0.25, 0.3) is 5.56 Å². The largest absolute Gasteiger partial charge is 0.450 e. The number of rotatable bonds is 3. The summed E-state index contributed by atoms with van der Waals surface area (Å²) in [6, 6.07) is 1.64. The van der Waals surface area contributed by atoms with Crippen LogP contribution in [-0.4, -0.2) is 64.4 Å². The van der Waals surface area contributed by atoms with E-state index in [-0.39, 0.29) is 24.1 Å². The van der Waals surface area contributed by atoms with Crippen molar-refractivity contribution >= 4 is 12.0 Å². The standard InChI is InChI=1S/C18H26N4O4/c1-2-26-18(25)21-10-8-20(9-11-21)17(24)13-22-16(23)12-14-6-4-3-5-7-15(14)19-22/h12H,2-11,13H2,1H3. The number of hydrogen-bond acceptors (Lipinski definition) is 5. The number of hydrogen-bond donors (Lipinski definition) is 0. The topological polar surface area (TPSA) is 84.7 Å². The van der Waals surface area contributed by atoms with Crippen LogP contribution in [0.3, 0.4) is 0 Å². The Kier molecular flexibility index (Phi) is 5.90. The number of fused-ring (bicyclic) bond motifs is 1. The summed E-state index contributed by atoms with van der Waals surface area (Å²) >= 11 is 0. The second-order valence-electron chi connectivity index (χ2n) is 6.74. The van der Waals surface area contributed by atoms with Gasteiger partial charge in [-0.25, -0.2) is 9.48 Å². The van der Waals surface area contributed by atoms with Crippen LogP contribution in [0.2, 0.25) is 0 Å². The van der Waals surface area contributed by atoms with Crippen molar-refractivity contribution < 1.29 is 14.3 Å². The summed E-state index contributed by atoms with van der Waals surface area (Å²) in [4.78, 5) is 39.8. The molecule has 2 amide bonds. The summed E-state index contributed by atoms with van der Waals surface area (Å²) in [5, 5.41) is 4.45. The van der Waals surface area contributed by atoms with Crippen LogP contribution < -0.4 is 5.56 Å². The first kappa shape index (κ1) is 18.4. The summed E-state index contributed by atoms with van der Waals surface area (Å²) in [6.07, 6.45) is 4.71. The van der Waals surface area contributed by atoms with Crippen LogP contribution in [0.1, 0.15) is 37.4 Å². The SMILES string of the molecule is CCOC(=O)N1CCN(C(=O)Cn2nc3c(cc2=O)CCCCC3)CC1. The van der Waals surface area contributed by atoms with Crippen LogP contribution in [0.25, 0.3) is 0 Å². The van der Waals surface area contributed by atoms with Crippen molar-refractivity contribution in [1.29, 1.82) is 0 Å². The molecule has 0 atom stereocenters. The maximum atomic E-state index is 12.5. The average Bonchev–Trinajstić information content (AvgIpc) is 2.87. The van der Waals surface area contributed by atoms with Gasteiger partial charge < -0.3 is 14.5 Å². The average molecular weight is 362 g/mol. The third-order valence-corrected chi connectivity index (χ3v) is 4.97. The third kappa shape index (κ3) is 4.23. The molecule has 1 aromatic heterocycles. The maximum absolute atomic E-state index is 12.5. The van der Waals surface area contributed by atoms with E-state index in [1.807, 2.05) is 0 Å². The number of aryl methyl sites for hydroxylation is 2. The number of carbonyl (C=O) groups is 2. The van der Waals surface area contributed by atoms with Gasteiger partial charge in [0.2, 0.25) is 5.91 Å². The molecule has 0 saturated carbocycles. The molecule has 0 spiro atoms. The van der Waals surface area contributed by atoms with E-state index in [0.717, 1.165) is 43.4 Å². The summed E-state index contributed by atoms with van der Waals surface area (Å²) in [5.74, 6) is -0.142. The normalized spacial score (nSPS) is 17.4. The van der Waals surface area contributed by atoms with Crippen LogP contribution in [0.15, 0.2) is 10.9 Å². The van der Waals surface area contributed by atoms with E-state index < -0.39 is 0 Å². The van der Waals surface area contributed by atoms with Crippen LogP contribution in [0.5, 0.6) is 0 Å². The molecule has 0 radical (unpaired) electrons. The monoisotopic (exact) mass is 362 g/mol. The second kappa shape index (κ2) is 8.33. The summed E-state index contributed by atoms with van der Waals surface area (Å²) in [5.41, 5.74) is 1.76. The number of amides is 2. The summed E-state index contributed by atoms with van der Waals surface area (Å²) in [7, 11) is 0. The molecule has 1 saturated heterocycles. The molecule has 0 aromatic carbocycles. The van der Waals surface area contributed by atoms with Gasteiger partial charge >= 0.3 is 6.09 Å². The lowest BCUT2D eigenvalue weighted by Crippen LogP contribution is -2.51. The minimum absolute atomic E-state index is 0.0501. The zero-order valence-corrected chi connectivity index (χ0v) is 15.3. The number of piperazine rings is 1. The minimum Gasteiger partial charge on any atom is -0.450 e. The van der Waals surface area contributed by atoms with Crippen molar-refractivity contribution in [3.8, 4) is 0 Å². The quantitative estimate of drug-likeness (QED) is 0.743. The first-order valence-electron chi connectivity index (χ1n) is 9.38. The van der Waals surface area contributed by atoms with Crippen molar-refractivity contribution in [2.45, 2.75) is 45.6 Å². The van der Waals surface area contributed by atoms with Crippen LogP contribution >= 0.6 is 0 Å². The van der Waals surface area contributed by atoms with Crippen molar-refractivity contribution in [2.24, 2.45) is 0 Å². The molecule has 0 N–H and O–H groups in total. The van der Waals surface area contributed by atoms with E-state index >= 15 is 0 Å². The Labute approximate surface area is 152 Å². The zero-order valence-electron chi connectivity index (χ0n) is 15.3. The molecule has 2 aliphatic rings. The fourth-order valence-corrected chi connectivity index (χ4v) is 3.47. The molecule has 142 valence electrons. The van der Waals surface area contributed by atoms with Crippen LogP contribution in [0.4, 0.5) is 4.79 Å². The molecule has 3 rings (SSSR count). The van der Waals surface area contributed by atoms with Gasteiger partial charge in [-0.15, -0.1) is 0 Å². The van der Waals surface area contributed by atoms with Gasteiger partial charge in [0.05, 0.1) is 12.3 Å². The van der Waals surface area contributed by atoms with E-state index in [4.69, 9.17) is 4.74 Å². The predicted molar refractivity (Wildman–Crippen MR) is 94.9 cm³/mol. The van der Waals surface area contributed by atoms with Crippen LogP contribution in [-0.2, 0) is 28.9 Å². The predicted octanol–water partition coefficient (Wildman–Crippen LogP) is 0.813.